The summed E-state index contributed by atoms with van der Waals surface area (Å²) < 4.78 is 13.0. The number of nitrogens with one attached hydrogen (secondary N) is 2. The molecule has 3 rings (SSSR count). The summed E-state index contributed by atoms with van der Waals surface area (Å²) in [5, 5.41) is 11.0. The standard InChI is InChI=1S/C18H23ClN4O3/c1-10(20-2)8-26-9-14-16(18(25-4)23(3)22-14)11-5-12-7-15(24)21-17(12)13(19)6-11/h5-6,10,20H,7-9H2,1-4H3,(H,21,24)/t10-/m1/s1. The molecule has 1 aromatic carbocycles. The van der Waals surface area contributed by atoms with Crippen LogP contribution >= 0.6 is 11.6 Å². The molecule has 8 heteroatoms. The molecule has 0 saturated carbocycles. The first-order valence-electron chi connectivity index (χ1n) is 8.42. The van der Waals surface area contributed by atoms with E-state index in [2.05, 4.69) is 15.7 Å². The predicted molar refractivity (Wildman–Crippen MR) is 101 cm³/mol. The summed E-state index contributed by atoms with van der Waals surface area (Å²) in [7, 11) is 5.32. The Morgan fingerprint density at radius 2 is 2.23 bits per heavy atom. The van der Waals surface area contributed by atoms with Gasteiger partial charge >= 0.3 is 0 Å². The molecule has 7 nitrogen and oxygen atoms in total. The van der Waals surface area contributed by atoms with E-state index >= 15 is 0 Å². The van der Waals surface area contributed by atoms with Crippen molar-refractivity contribution in [1.82, 2.24) is 15.1 Å². The molecule has 140 valence electrons. The number of aromatic nitrogens is 2. The van der Waals surface area contributed by atoms with Crippen LogP contribution in [0.15, 0.2) is 12.1 Å². The Balaban J connectivity index is 1.97. The number of carbonyl (C=O) groups is 1. The highest BCUT2D eigenvalue weighted by Crippen LogP contribution is 2.40. The third-order valence-electron chi connectivity index (χ3n) is 4.44. The molecule has 2 aromatic rings. The first kappa shape index (κ1) is 18.7. The van der Waals surface area contributed by atoms with Gasteiger partial charge in [-0.05, 0) is 37.2 Å². The van der Waals surface area contributed by atoms with E-state index in [9.17, 15) is 4.79 Å². The zero-order chi connectivity index (χ0) is 18.8. The molecule has 1 amide bonds. The van der Waals surface area contributed by atoms with Gasteiger partial charge in [-0.1, -0.05) is 11.6 Å². The van der Waals surface area contributed by atoms with Gasteiger partial charge in [0.05, 0.1) is 48.7 Å². The lowest BCUT2D eigenvalue weighted by molar-refractivity contribution is -0.115. The Morgan fingerprint density at radius 1 is 1.46 bits per heavy atom. The van der Waals surface area contributed by atoms with Gasteiger partial charge in [0.25, 0.3) is 0 Å². The number of hydrogen-bond donors (Lipinski definition) is 2. The molecule has 0 fully saturated rings. The van der Waals surface area contributed by atoms with Gasteiger partial charge in [0, 0.05) is 13.1 Å². The van der Waals surface area contributed by atoms with Gasteiger partial charge in [0.15, 0.2) is 0 Å². The van der Waals surface area contributed by atoms with Crippen molar-refractivity contribution in [3.8, 4) is 17.0 Å². The number of anilines is 1. The van der Waals surface area contributed by atoms with E-state index in [1.165, 1.54) is 0 Å². The van der Waals surface area contributed by atoms with Crippen LogP contribution in [0.5, 0.6) is 5.88 Å². The second-order valence-corrected chi connectivity index (χ2v) is 6.78. The topological polar surface area (TPSA) is 77.4 Å². The molecule has 1 aliphatic rings. The Hall–Kier alpha value is -2.09. The summed E-state index contributed by atoms with van der Waals surface area (Å²) in [5.41, 5.74) is 4.01. The van der Waals surface area contributed by atoms with Gasteiger partial charge in [-0.3, -0.25) is 4.79 Å². The largest absolute Gasteiger partial charge is 0.481 e. The average molecular weight is 379 g/mol. The molecule has 0 saturated heterocycles. The fraction of sp³-hybridized carbons (Fsp3) is 0.444. The van der Waals surface area contributed by atoms with Crippen LogP contribution in [0.3, 0.4) is 0 Å². The Morgan fingerprint density at radius 3 is 2.92 bits per heavy atom. The summed E-state index contributed by atoms with van der Waals surface area (Å²) in [6.07, 6.45) is 0.316. The van der Waals surface area contributed by atoms with Gasteiger partial charge in [-0.25, -0.2) is 4.68 Å². The van der Waals surface area contributed by atoms with Gasteiger partial charge in [0.1, 0.15) is 0 Å². The highest BCUT2D eigenvalue weighted by Gasteiger charge is 2.25. The van der Waals surface area contributed by atoms with E-state index in [4.69, 9.17) is 21.1 Å². The number of methoxy groups -OCH3 is 1. The van der Waals surface area contributed by atoms with Crippen molar-refractivity contribution in [2.24, 2.45) is 7.05 Å². The van der Waals surface area contributed by atoms with E-state index in [0.29, 0.717) is 36.2 Å². The maximum absolute atomic E-state index is 11.7. The third kappa shape index (κ3) is 3.56. The van der Waals surface area contributed by atoms with Crippen LogP contribution in [0.1, 0.15) is 18.2 Å². The normalized spacial score (nSPS) is 14.3. The molecule has 0 aliphatic carbocycles. The SMILES string of the molecule is CN[C@H](C)COCc1nn(C)c(OC)c1-c1cc(Cl)c2c(c1)CC(=O)N2. The highest BCUT2D eigenvalue weighted by atomic mass is 35.5. The third-order valence-corrected chi connectivity index (χ3v) is 4.73. The summed E-state index contributed by atoms with van der Waals surface area (Å²) in [6.45, 7) is 2.97. The Bertz CT molecular complexity index is 834. The highest BCUT2D eigenvalue weighted by molar-refractivity contribution is 6.34. The van der Waals surface area contributed by atoms with Gasteiger partial charge in [-0.2, -0.15) is 5.10 Å². The zero-order valence-electron chi connectivity index (χ0n) is 15.4. The minimum Gasteiger partial charge on any atom is -0.481 e. The van der Waals surface area contributed by atoms with Gasteiger partial charge in [0.2, 0.25) is 11.8 Å². The summed E-state index contributed by atoms with van der Waals surface area (Å²) >= 11 is 6.39. The molecule has 1 atom stereocenters. The van der Waals surface area contributed by atoms with Crippen molar-refractivity contribution in [2.45, 2.75) is 26.0 Å². The zero-order valence-corrected chi connectivity index (χ0v) is 16.1. The number of fused-ring (bicyclic) bond motifs is 1. The van der Waals surface area contributed by atoms with Crippen LogP contribution in [-0.2, 0) is 29.6 Å². The van der Waals surface area contributed by atoms with Crippen molar-refractivity contribution in [3.63, 3.8) is 0 Å². The lowest BCUT2D eigenvalue weighted by Crippen LogP contribution is -2.26. The van der Waals surface area contributed by atoms with Crippen LogP contribution < -0.4 is 15.4 Å². The predicted octanol–water partition coefficient (Wildman–Crippen LogP) is 2.37. The molecule has 26 heavy (non-hydrogen) atoms. The molecule has 0 unspecified atom stereocenters. The van der Waals surface area contributed by atoms with Crippen LogP contribution in [-0.4, -0.2) is 42.5 Å². The molecule has 1 aromatic heterocycles. The fourth-order valence-corrected chi connectivity index (χ4v) is 3.33. The maximum atomic E-state index is 11.7. The average Bonchev–Trinajstić information content (AvgIpc) is 3.13. The summed E-state index contributed by atoms with van der Waals surface area (Å²) in [6, 6.07) is 4.03. The van der Waals surface area contributed by atoms with Crippen molar-refractivity contribution < 1.29 is 14.3 Å². The number of hydrogen-bond acceptors (Lipinski definition) is 5. The monoisotopic (exact) mass is 378 g/mol. The lowest BCUT2D eigenvalue weighted by atomic mass is 10.0. The number of likely N-dealkylation sites (N-methyl/N-ethyl adjacent to an activating group) is 1. The minimum atomic E-state index is -0.0539. The molecule has 0 radical (unpaired) electrons. The number of ether oxygens (including phenoxy) is 2. The first-order chi connectivity index (χ1) is 12.4. The number of aryl methyl sites for hydroxylation is 1. The van der Waals surface area contributed by atoms with E-state index in [1.807, 2.05) is 33.2 Å². The molecule has 0 spiro atoms. The summed E-state index contributed by atoms with van der Waals surface area (Å²) in [4.78, 5) is 11.7. The number of amides is 1. The molecule has 1 aliphatic heterocycles. The smallest absolute Gasteiger partial charge is 0.228 e. The van der Waals surface area contributed by atoms with Crippen molar-refractivity contribution in [2.75, 3.05) is 26.1 Å². The van der Waals surface area contributed by atoms with Crippen LogP contribution in [0, 0.1) is 0 Å². The number of carbonyl (C=O) groups excluding carboxylic acids is 1. The second-order valence-electron chi connectivity index (χ2n) is 6.38. The van der Waals surface area contributed by atoms with E-state index in [1.54, 1.807) is 11.8 Å². The van der Waals surface area contributed by atoms with Crippen LogP contribution in [0.4, 0.5) is 5.69 Å². The maximum Gasteiger partial charge on any atom is 0.228 e. The molecule has 2 heterocycles. The number of benzene rings is 1. The second kappa shape index (κ2) is 7.65. The number of nitrogens with zero attached hydrogens (tertiary/aromatic N) is 2. The minimum absolute atomic E-state index is 0.0539. The van der Waals surface area contributed by atoms with E-state index in [-0.39, 0.29) is 11.9 Å². The quantitative estimate of drug-likeness (QED) is 0.773. The van der Waals surface area contributed by atoms with Crippen LogP contribution in [0.25, 0.3) is 11.1 Å². The Kier molecular flexibility index (Phi) is 5.50. The van der Waals surface area contributed by atoms with Gasteiger partial charge in [-0.15, -0.1) is 0 Å². The molecule has 0 bridgehead atoms. The molecular weight excluding hydrogens is 356 g/mol. The van der Waals surface area contributed by atoms with Crippen molar-refractivity contribution >= 4 is 23.2 Å². The van der Waals surface area contributed by atoms with Crippen molar-refractivity contribution in [1.29, 1.82) is 0 Å². The number of halogens is 1. The summed E-state index contributed by atoms with van der Waals surface area (Å²) in [5.74, 6) is 0.570. The van der Waals surface area contributed by atoms with Crippen LogP contribution in [0.2, 0.25) is 5.02 Å². The van der Waals surface area contributed by atoms with E-state index in [0.717, 1.165) is 22.4 Å². The number of rotatable bonds is 7. The molecule has 2 N–H and O–H groups in total. The van der Waals surface area contributed by atoms with Gasteiger partial charge < -0.3 is 20.1 Å². The van der Waals surface area contributed by atoms with Crippen molar-refractivity contribution in [3.05, 3.63) is 28.4 Å². The lowest BCUT2D eigenvalue weighted by Gasteiger charge is -2.12. The molecular formula is C18H23ClN4O3. The van der Waals surface area contributed by atoms with E-state index < -0.39 is 0 Å². The first-order valence-corrected chi connectivity index (χ1v) is 8.79. The Labute approximate surface area is 157 Å². The fourth-order valence-electron chi connectivity index (χ4n) is 3.05.